The lowest BCUT2D eigenvalue weighted by molar-refractivity contribution is -0.137. The maximum Gasteiger partial charge on any atom is 0.303 e. The number of benzene rings is 2. The Labute approximate surface area is 126 Å². The molecular formula is C16H16O6. The first-order valence-electron chi connectivity index (χ1n) is 6.68. The highest BCUT2D eigenvalue weighted by atomic mass is 16.4. The van der Waals surface area contributed by atoms with Gasteiger partial charge in [0, 0.05) is 18.1 Å². The summed E-state index contributed by atoms with van der Waals surface area (Å²) in [6.07, 6.45) is 0.319. The van der Waals surface area contributed by atoms with Gasteiger partial charge in [-0.05, 0) is 30.5 Å². The van der Waals surface area contributed by atoms with Gasteiger partial charge in [0.2, 0.25) is 0 Å². The number of hydrogen-bond acceptors (Lipinski definition) is 5. The van der Waals surface area contributed by atoms with Crippen LogP contribution in [0.1, 0.15) is 18.4 Å². The summed E-state index contributed by atoms with van der Waals surface area (Å²) in [5.74, 6) is -1.81. The molecule has 0 aromatic heterocycles. The molecule has 0 heterocycles. The molecule has 6 heteroatoms. The maximum absolute atomic E-state index is 10.5. The van der Waals surface area contributed by atoms with Crippen molar-refractivity contribution in [1.29, 1.82) is 0 Å². The lowest BCUT2D eigenvalue weighted by Gasteiger charge is -2.14. The molecule has 22 heavy (non-hydrogen) atoms. The molecule has 0 aliphatic rings. The van der Waals surface area contributed by atoms with Gasteiger partial charge in [0.1, 0.15) is 23.0 Å². The van der Waals surface area contributed by atoms with Crippen LogP contribution in [0.25, 0.3) is 11.1 Å². The average molecular weight is 304 g/mol. The number of aliphatic carboxylic acids is 1. The molecule has 0 unspecified atom stereocenters. The summed E-state index contributed by atoms with van der Waals surface area (Å²) < 4.78 is 0. The van der Waals surface area contributed by atoms with Crippen LogP contribution < -0.4 is 0 Å². The van der Waals surface area contributed by atoms with Gasteiger partial charge in [-0.2, -0.15) is 0 Å². The van der Waals surface area contributed by atoms with Crippen LogP contribution in [0.3, 0.4) is 0 Å². The highest BCUT2D eigenvalue weighted by Gasteiger charge is 2.18. The van der Waals surface area contributed by atoms with E-state index < -0.39 is 5.97 Å². The van der Waals surface area contributed by atoms with Crippen LogP contribution in [-0.4, -0.2) is 31.5 Å². The zero-order valence-corrected chi connectivity index (χ0v) is 11.7. The van der Waals surface area contributed by atoms with E-state index in [4.69, 9.17) is 5.11 Å². The number of carboxylic acids is 1. The van der Waals surface area contributed by atoms with E-state index in [1.807, 2.05) is 0 Å². The molecule has 0 aliphatic carbocycles. The largest absolute Gasteiger partial charge is 0.508 e. The second kappa shape index (κ2) is 6.26. The summed E-state index contributed by atoms with van der Waals surface area (Å²) >= 11 is 0. The van der Waals surface area contributed by atoms with E-state index in [0.717, 1.165) is 6.07 Å². The van der Waals surface area contributed by atoms with Gasteiger partial charge in [-0.25, -0.2) is 0 Å². The molecule has 0 spiro atoms. The summed E-state index contributed by atoms with van der Waals surface area (Å²) in [5.41, 5.74) is 0.775. The molecule has 0 radical (unpaired) electrons. The molecule has 0 atom stereocenters. The van der Waals surface area contributed by atoms with Crippen LogP contribution in [0.15, 0.2) is 30.3 Å². The first kappa shape index (κ1) is 15.5. The first-order valence-corrected chi connectivity index (χ1v) is 6.68. The Morgan fingerprint density at radius 3 is 2.18 bits per heavy atom. The smallest absolute Gasteiger partial charge is 0.303 e. The number of aromatic hydroxyl groups is 4. The fourth-order valence-corrected chi connectivity index (χ4v) is 2.26. The van der Waals surface area contributed by atoms with Crippen molar-refractivity contribution in [2.75, 3.05) is 0 Å². The maximum atomic E-state index is 10.5. The number of carbonyl (C=O) groups is 1. The van der Waals surface area contributed by atoms with E-state index in [1.54, 1.807) is 0 Å². The van der Waals surface area contributed by atoms with Crippen molar-refractivity contribution in [3.05, 3.63) is 35.9 Å². The molecule has 2 rings (SSSR count). The zero-order valence-electron chi connectivity index (χ0n) is 11.7. The number of phenolic OH excluding ortho intramolecular Hbond substituents is 4. The van der Waals surface area contributed by atoms with E-state index in [2.05, 4.69) is 0 Å². The van der Waals surface area contributed by atoms with Crippen LogP contribution in [0.5, 0.6) is 23.0 Å². The quantitative estimate of drug-likeness (QED) is 0.579. The monoisotopic (exact) mass is 304 g/mol. The van der Waals surface area contributed by atoms with E-state index in [9.17, 15) is 25.2 Å². The lowest BCUT2D eigenvalue weighted by Crippen LogP contribution is -1.97. The van der Waals surface area contributed by atoms with Crippen LogP contribution in [-0.2, 0) is 11.2 Å². The highest BCUT2D eigenvalue weighted by Crippen LogP contribution is 2.44. The Hall–Kier alpha value is -2.89. The van der Waals surface area contributed by atoms with Gasteiger partial charge >= 0.3 is 5.97 Å². The van der Waals surface area contributed by atoms with Crippen LogP contribution in [0, 0.1) is 0 Å². The minimum Gasteiger partial charge on any atom is -0.508 e. The molecule has 0 bridgehead atoms. The fraction of sp³-hybridized carbons (Fsp3) is 0.188. The van der Waals surface area contributed by atoms with Gasteiger partial charge in [0.15, 0.2) is 0 Å². The normalized spacial score (nSPS) is 10.5. The average Bonchev–Trinajstić information content (AvgIpc) is 2.44. The van der Waals surface area contributed by atoms with E-state index in [1.165, 1.54) is 24.3 Å². The van der Waals surface area contributed by atoms with Gasteiger partial charge < -0.3 is 25.5 Å². The van der Waals surface area contributed by atoms with Crippen molar-refractivity contribution in [1.82, 2.24) is 0 Å². The Morgan fingerprint density at radius 1 is 0.955 bits per heavy atom. The summed E-state index contributed by atoms with van der Waals surface area (Å²) in [5, 5.41) is 48.0. The highest BCUT2D eigenvalue weighted by molar-refractivity contribution is 5.79. The fourth-order valence-electron chi connectivity index (χ4n) is 2.26. The van der Waals surface area contributed by atoms with Crippen molar-refractivity contribution in [3.63, 3.8) is 0 Å². The van der Waals surface area contributed by atoms with E-state index in [0.29, 0.717) is 5.56 Å². The zero-order chi connectivity index (χ0) is 16.3. The number of hydrogen-bond donors (Lipinski definition) is 5. The van der Waals surface area contributed by atoms with Crippen molar-refractivity contribution < 1.29 is 30.3 Å². The summed E-state index contributed by atoms with van der Waals surface area (Å²) in [6.45, 7) is 0. The number of phenols is 4. The molecule has 2 aromatic carbocycles. The van der Waals surface area contributed by atoms with Gasteiger partial charge in [-0.1, -0.05) is 12.1 Å². The van der Waals surface area contributed by atoms with Crippen LogP contribution >= 0.6 is 0 Å². The SMILES string of the molecule is O=C(O)CCCc1c(O)cc(O)c(-c2ccc(O)cc2)c1O. The third kappa shape index (κ3) is 3.22. The number of carboxylic acid groups (broad SMARTS) is 1. The Kier molecular flexibility index (Phi) is 4.41. The molecule has 6 nitrogen and oxygen atoms in total. The third-order valence-corrected chi connectivity index (χ3v) is 3.33. The third-order valence-electron chi connectivity index (χ3n) is 3.33. The molecule has 2 aromatic rings. The van der Waals surface area contributed by atoms with Gasteiger partial charge in [-0.3, -0.25) is 4.79 Å². The second-order valence-corrected chi connectivity index (χ2v) is 4.91. The molecule has 116 valence electrons. The summed E-state index contributed by atoms with van der Waals surface area (Å²) in [6, 6.07) is 6.96. The molecule has 0 amide bonds. The van der Waals surface area contributed by atoms with Crippen molar-refractivity contribution in [3.8, 4) is 34.1 Å². The topological polar surface area (TPSA) is 118 Å². The van der Waals surface area contributed by atoms with Crippen molar-refractivity contribution >= 4 is 5.97 Å². The van der Waals surface area contributed by atoms with Crippen LogP contribution in [0.2, 0.25) is 0 Å². The predicted octanol–water partition coefficient (Wildman–Crippen LogP) is 2.58. The summed E-state index contributed by atoms with van der Waals surface area (Å²) in [7, 11) is 0. The van der Waals surface area contributed by atoms with Crippen molar-refractivity contribution in [2.45, 2.75) is 19.3 Å². The molecule has 0 saturated carbocycles. The Bertz CT molecular complexity index is 691. The van der Waals surface area contributed by atoms with Gasteiger partial charge in [0.25, 0.3) is 0 Å². The molecular weight excluding hydrogens is 288 g/mol. The van der Waals surface area contributed by atoms with Gasteiger partial charge in [-0.15, -0.1) is 0 Å². The molecule has 0 saturated heterocycles. The van der Waals surface area contributed by atoms with Crippen molar-refractivity contribution in [2.24, 2.45) is 0 Å². The lowest BCUT2D eigenvalue weighted by atomic mass is 9.96. The predicted molar refractivity (Wildman–Crippen MR) is 79.1 cm³/mol. The van der Waals surface area contributed by atoms with E-state index >= 15 is 0 Å². The number of rotatable bonds is 5. The van der Waals surface area contributed by atoms with Gasteiger partial charge in [0.05, 0.1) is 5.56 Å². The second-order valence-electron chi connectivity index (χ2n) is 4.91. The Morgan fingerprint density at radius 2 is 1.59 bits per heavy atom. The van der Waals surface area contributed by atoms with Crippen LogP contribution in [0.4, 0.5) is 0 Å². The van der Waals surface area contributed by atoms with E-state index in [-0.39, 0.29) is 53.4 Å². The minimum atomic E-state index is -0.962. The first-order chi connectivity index (χ1) is 10.4. The molecule has 0 aliphatic heterocycles. The molecule has 5 N–H and O–H groups in total. The standard InChI is InChI=1S/C16H16O6/c17-10-6-4-9(5-7-10)15-13(19)8-12(18)11(16(15)22)2-1-3-14(20)21/h4-8,17-19,22H,1-3H2,(H,20,21). The summed E-state index contributed by atoms with van der Waals surface area (Å²) in [4.78, 5) is 10.5. The minimum absolute atomic E-state index is 0.0446. The Balaban J connectivity index is 2.42. The molecule has 0 fully saturated rings.